The molecule has 0 saturated heterocycles. The largest absolute Gasteiger partial charge is 0.308 e. The van der Waals surface area contributed by atoms with E-state index < -0.39 is 10.0 Å². The summed E-state index contributed by atoms with van der Waals surface area (Å²) < 4.78 is 25.9. The molecule has 0 aromatic heterocycles. The first-order valence-corrected chi connectivity index (χ1v) is 10.4. The number of rotatable bonds is 4. The van der Waals surface area contributed by atoms with Crippen molar-refractivity contribution in [3.63, 3.8) is 0 Å². The van der Waals surface area contributed by atoms with Crippen LogP contribution in [0.3, 0.4) is 0 Å². The summed E-state index contributed by atoms with van der Waals surface area (Å²) in [6.45, 7) is 0.582. The Bertz CT molecular complexity index is 962. The molecule has 0 bridgehead atoms. The van der Waals surface area contributed by atoms with Crippen LogP contribution in [0.1, 0.15) is 28.8 Å². The van der Waals surface area contributed by atoms with Crippen molar-refractivity contribution in [3.8, 4) is 0 Å². The third kappa shape index (κ3) is 3.87. The summed E-state index contributed by atoms with van der Waals surface area (Å²) in [5.74, 6) is -0.252. The summed E-state index contributed by atoms with van der Waals surface area (Å²) in [4.78, 5) is 19.5. The van der Waals surface area contributed by atoms with Crippen molar-refractivity contribution in [3.05, 3.63) is 58.6 Å². The van der Waals surface area contributed by atoms with Gasteiger partial charge in [-0.05, 0) is 49.1 Å². The van der Waals surface area contributed by atoms with E-state index in [1.807, 2.05) is 24.3 Å². The van der Waals surface area contributed by atoms with Crippen molar-refractivity contribution in [2.24, 2.45) is 0 Å². The molecule has 0 N–H and O–H groups in total. The number of halogens is 1. The number of nitrogens with zero attached hydrogens (tertiary/aromatic N) is 2. The Morgan fingerprint density at radius 1 is 1.19 bits per heavy atom. The van der Waals surface area contributed by atoms with E-state index in [1.54, 1.807) is 11.0 Å². The van der Waals surface area contributed by atoms with E-state index in [0.717, 1.165) is 30.5 Å². The second-order valence-electron chi connectivity index (χ2n) is 6.29. The van der Waals surface area contributed by atoms with E-state index in [-0.39, 0.29) is 21.4 Å². The van der Waals surface area contributed by atoms with Crippen LogP contribution in [0.15, 0.2) is 47.4 Å². The summed E-state index contributed by atoms with van der Waals surface area (Å²) >= 11 is 6.09. The number of anilines is 1. The van der Waals surface area contributed by atoms with Crippen molar-refractivity contribution in [2.75, 3.05) is 25.6 Å². The van der Waals surface area contributed by atoms with Crippen molar-refractivity contribution in [1.82, 2.24) is 4.47 Å². The van der Waals surface area contributed by atoms with Crippen LogP contribution in [0.25, 0.3) is 0 Å². The molecule has 8 heteroatoms. The Hall–Kier alpha value is -1.93. The number of carbonyl (C=O) groups is 1. The minimum absolute atomic E-state index is 0.0340. The lowest BCUT2D eigenvalue weighted by Crippen LogP contribution is -2.32. The fourth-order valence-electron chi connectivity index (χ4n) is 3.13. The highest BCUT2D eigenvalue weighted by molar-refractivity contribution is 7.89. The second-order valence-corrected chi connectivity index (χ2v) is 8.60. The fourth-order valence-corrected chi connectivity index (χ4v) is 4.60. The number of sulfonamides is 1. The highest BCUT2D eigenvalue weighted by Gasteiger charge is 2.27. The average Bonchev–Trinajstić information content (AvgIpc) is 2.89. The van der Waals surface area contributed by atoms with Gasteiger partial charge in [0.2, 0.25) is 0 Å². The molecule has 27 heavy (non-hydrogen) atoms. The monoisotopic (exact) mass is 408 g/mol. The number of hydroxylamine groups is 1. The van der Waals surface area contributed by atoms with Crippen LogP contribution in [0.2, 0.25) is 5.02 Å². The Kier molecular flexibility index (Phi) is 5.86. The van der Waals surface area contributed by atoms with E-state index in [9.17, 15) is 13.2 Å². The fraction of sp³-hybridized carbons (Fsp3) is 0.316. The first kappa shape index (κ1) is 19.8. The summed E-state index contributed by atoms with van der Waals surface area (Å²) in [5, 5.41) is 0.0340. The molecule has 0 saturated carbocycles. The first-order valence-electron chi connectivity index (χ1n) is 8.58. The van der Waals surface area contributed by atoms with Crippen LogP contribution >= 0.6 is 11.6 Å². The van der Waals surface area contributed by atoms with Gasteiger partial charge in [-0.3, -0.25) is 9.63 Å². The quantitative estimate of drug-likeness (QED) is 0.726. The van der Waals surface area contributed by atoms with Crippen LogP contribution in [-0.4, -0.2) is 39.5 Å². The molecule has 2 aromatic carbocycles. The number of fused-ring (bicyclic) bond motifs is 1. The number of hydrogen-bond donors (Lipinski definition) is 0. The number of para-hydroxylation sites is 1. The molecular formula is C19H21ClN2O4S. The molecule has 1 aliphatic rings. The molecule has 1 aliphatic heterocycles. The molecule has 0 radical (unpaired) electrons. The van der Waals surface area contributed by atoms with E-state index >= 15 is 0 Å². The summed E-state index contributed by atoms with van der Waals surface area (Å²) in [6, 6.07) is 12.1. The van der Waals surface area contributed by atoms with Crippen molar-refractivity contribution < 1.29 is 18.0 Å². The predicted molar refractivity (Wildman–Crippen MR) is 104 cm³/mol. The Labute approximate surface area is 164 Å². The van der Waals surface area contributed by atoms with Gasteiger partial charge in [0.05, 0.1) is 12.1 Å². The zero-order valence-corrected chi connectivity index (χ0v) is 16.8. The standard InChI is InChI=1S/C19H21ClN2O4S/c1-21(26-2)27(24,25)18-13-15(10-11-16(18)20)19(23)22-12-6-5-8-14-7-3-4-9-17(14)22/h3-4,7,9-11,13H,5-6,8,12H2,1-2H3. The van der Waals surface area contributed by atoms with E-state index in [1.165, 1.54) is 26.3 Å². The molecule has 3 rings (SSSR count). The summed E-state index contributed by atoms with van der Waals surface area (Å²) in [5.41, 5.74) is 2.25. The van der Waals surface area contributed by atoms with Crippen LogP contribution in [0.5, 0.6) is 0 Å². The predicted octanol–water partition coefficient (Wildman–Crippen LogP) is 3.51. The topological polar surface area (TPSA) is 66.9 Å². The maximum atomic E-state index is 13.2. The van der Waals surface area contributed by atoms with Gasteiger partial charge in [-0.2, -0.15) is 0 Å². The summed E-state index contributed by atoms with van der Waals surface area (Å²) in [6.07, 6.45) is 2.80. The van der Waals surface area contributed by atoms with E-state index in [2.05, 4.69) is 0 Å². The third-order valence-corrected chi connectivity index (χ3v) is 6.82. The van der Waals surface area contributed by atoms with Gasteiger partial charge >= 0.3 is 0 Å². The first-order chi connectivity index (χ1) is 12.9. The minimum Gasteiger partial charge on any atom is -0.308 e. The number of amides is 1. The molecular weight excluding hydrogens is 388 g/mol. The number of hydrogen-bond acceptors (Lipinski definition) is 4. The normalized spacial score (nSPS) is 14.7. The van der Waals surface area contributed by atoms with E-state index in [4.69, 9.17) is 16.4 Å². The molecule has 0 aliphatic carbocycles. The number of benzene rings is 2. The number of aryl methyl sites for hydroxylation is 1. The van der Waals surface area contributed by atoms with Crippen molar-refractivity contribution in [2.45, 2.75) is 24.2 Å². The van der Waals surface area contributed by atoms with Gasteiger partial charge in [0, 0.05) is 24.8 Å². The minimum atomic E-state index is -3.97. The molecule has 1 amide bonds. The van der Waals surface area contributed by atoms with Crippen LogP contribution in [0.4, 0.5) is 5.69 Å². The van der Waals surface area contributed by atoms with Gasteiger partial charge in [0.15, 0.2) is 0 Å². The molecule has 2 aromatic rings. The Morgan fingerprint density at radius 3 is 2.67 bits per heavy atom. The van der Waals surface area contributed by atoms with Gasteiger partial charge in [-0.25, -0.2) is 8.42 Å². The molecule has 1 heterocycles. The lowest BCUT2D eigenvalue weighted by molar-refractivity contribution is -0.0258. The SMILES string of the molecule is CON(C)S(=O)(=O)c1cc(C(=O)N2CCCCc3ccccc32)ccc1Cl. The summed E-state index contributed by atoms with van der Waals surface area (Å²) in [7, 11) is -1.45. The number of carbonyl (C=O) groups excluding carboxylic acids is 1. The smallest absolute Gasteiger partial charge is 0.266 e. The van der Waals surface area contributed by atoms with Gasteiger partial charge in [0.1, 0.15) is 4.90 Å². The lowest BCUT2D eigenvalue weighted by atomic mass is 10.1. The van der Waals surface area contributed by atoms with Gasteiger partial charge in [-0.15, -0.1) is 0 Å². The molecule has 0 spiro atoms. The zero-order chi connectivity index (χ0) is 19.6. The van der Waals surface area contributed by atoms with Gasteiger partial charge in [-0.1, -0.05) is 34.3 Å². The second kappa shape index (κ2) is 7.98. The van der Waals surface area contributed by atoms with Crippen molar-refractivity contribution in [1.29, 1.82) is 0 Å². The molecule has 0 atom stereocenters. The third-order valence-electron chi connectivity index (χ3n) is 4.66. The highest BCUT2D eigenvalue weighted by Crippen LogP contribution is 2.30. The molecule has 6 nitrogen and oxygen atoms in total. The lowest BCUT2D eigenvalue weighted by Gasteiger charge is -2.23. The van der Waals surface area contributed by atoms with Gasteiger partial charge in [0.25, 0.3) is 15.9 Å². The highest BCUT2D eigenvalue weighted by atomic mass is 35.5. The van der Waals surface area contributed by atoms with Crippen LogP contribution in [-0.2, 0) is 21.3 Å². The molecule has 0 fully saturated rings. The maximum Gasteiger partial charge on any atom is 0.266 e. The Morgan fingerprint density at radius 2 is 1.93 bits per heavy atom. The van der Waals surface area contributed by atoms with Crippen LogP contribution in [0, 0.1) is 0 Å². The Balaban J connectivity index is 2.03. The maximum absolute atomic E-state index is 13.2. The zero-order valence-electron chi connectivity index (χ0n) is 15.2. The molecule has 0 unspecified atom stereocenters. The van der Waals surface area contributed by atoms with Crippen molar-refractivity contribution >= 4 is 33.2 Å². The molecule has 144 valence electrons. The van der Waals surface area contributed by atoms with E-state index in [0.29, 0.717) is 11.0 Å². The average molecular weight is 409 g/mol. The van der Waals surface area contributed by atoms with Crippen LogP contribution < -0.4 is 4.90 Å². The van der Waals surface area contributed by atoms with Gasteiger partial charge < -0.3 is 4.90 Å².